The first kappa shape index (κ1) is 15.6. The standard InChI is InChI=1S/C12H15BrN2O3S2/c1-15(20(2,3)17)5-4-14-10-6-9(16)12-11(18-10)8(13)7-19-12/h6-7,14H,2,4-5H2,1,3H3. The van der Waals surface area contributed by atoms with E-state index in [1.807, 2.05) is 5.38 Å². The lowest BCUT2D eigenvalue weighted by atomic mass is 10.4. The summed E-state index contributed by atoms with van der Waals surface area (Å²) in [5, 5.41) is 4.84. The van der Waals surface area contributed by atoms with Crippen molar-refractivity contribution in [2.45, 2.75) is 0 Å². The van der Waals surface area contributed by atoms with E-state index in [9.17, 15) is 9.00 Å². The molecule has 0 saturated heterocycles. The van der Waals surface area contributed by atoms with Crippen LogP contribution in [-0.2, 0) is 9.71 Å². The highest BCUT2D eigenvalue weighted by Crippen LogP contribution is 2.29. The number of thiophene rings is 1. The molecule has 0 aromatic carbocycles. The quantitative estimate of drug-likeness (QED) is 0.810. The number of rotatable bonds is 5. The van der Waals surface area contributed by atoms with Gasteiger partial charge in [0.2, 0.25) is 5.43 Å². The third kappa shape index (κ3) is 3.43. The molecular weight excluding hydrogens is 364 g/mol. The minimum Gasteiger partial charge on any atom is -0.438 e. The monoisotopic (exact) mass is 378 g/mol. The summed E-state index contributed by atoms with van der Waals surface area (Å²) in [6.45, 7) is 1.04. The Morgan fingerprint density at radius 2 is 2.30 bits per heavy atom. The van der Waals surface area contributed by atoms with Crippen molar-refractivity contribution in [3.05, 3.63) is 26.1 Å². The Morgan fingerprint density at radius 3 is 2.95 bits per heavy atom. The molecule has 5 nitrogen and oxygen atoms in total. The van der Waals surface area contributed by atoms with Crippen molar-refractivity contribution in [1.29, 1.82) is 0 Å². The number of anilines is 1. The molecule has 0 spiro atoms. The second kappa shape index (κ2) is 5.88. The average molecular weight is 379 g/mol. The van der Waals surface area contributed by atoms with E-state index in [1.54, 1.807) is 17.6 Å². The Bertz CT molecular complexity index is 780. The fourth-order valence-electron chi connectivity index (χ4n) is 1.53. The summed E-state index contributed by atoms with van der Waals surface area (Å²) in [7, 11) is -0.461. The Hall–Kier alpha value is -0.830. The van der Waals surface area contributed by atoms with Crippen molar-refractivity contribution in [3.8, 4) is 0 Å². The SMILES string of the molecule is C=S(C)(=O)N(C)CCNc1cc(=O)c2scc(Br)c2o1. The van der Waals surface area contributed by atoms with Gasteiger partial charge >= 0.3 is 0 Å². The van der Waals surface area contributed by atoms with E-state index in [-0.39, 0.29) is 5.43 Å². The summed E-state index contributed by atoms with van der Waals surface area (Å²) in [6, 6.07) is 1.43. The van der Waals surface area contributed by atoms with E-state index in [1.165, 1.54) is 17.4 Å². The zero-order chi connectivity index (χ0) is 14.9. The molecule has 110 valence electrons. The molecule has 2 aromatic rings. The molecule has 0 aliphatic carbocycles. The topological polar surface area (TPSA) is 62.6 Å². The molecule has 0 aliphatic heterocycles. The third-order valence-corrected chi connectivity index (χ3v) is 6.16. The summed E-state index contributed by atoms with van der Waals surface area (Å²) >= 11 is 4.69. The molecule has 20 heavy (non-hydrogen) atoms. The van der Waals surface area contributed by atoms with E-state index in [0.717, 1.165) is 4.47 Å². The van der Waals surface area contributed by atoms with Crippen LogP contribution in [0.5, 0.6) is 0 Å². The summed E-state index contributed by atoms with van der Waals surface area (Å²) in [5.41, 5.74) is 0.476. The van der Waals surface area contributed by atoms with Crippen molar-refractivity contribution in [3.63, 3.8) is 0 Å². The predicted octanol–water partition coefficient (Wildman–Crippen LogP) is 2.22. The van der Waals surface area contributed by atoms with Crippen LogP contribution in [0, 0.1) is 0 Å². The molecule has 2 aromatic heterocycles. The lowest BCUT2D eigenvalue weighted by molar-refractivity contribution is 0.533. The van der Waals surface area contributed by atoms with Crippen LogP contribution in [0.3, 0.4) is 0 Å². The summed E-state index contributed by atoms with van der Waals surface area (Å²) in [5.74, 6) is 4.01. The molecular formula is C12H15BrN2O3S2. The van der Waals surface area contributed by atoms with E-state index < -0.39 is 9.71 Å². The van der Waals surface area contributed by atoms with Crippen LogP contribution in [-0.4, -0.2) is 40.8 Å². The van der Waals surface area contributed by atoms with Gasteiger partial charge in [0.25, 0.3) is 0 Å². The van der Waals surface area contributed by atoms with Crippen LogP contribution in [0.15, 0.2) is 25.1 Å². The van der Waals surface area contributed by atoms with Gasteiger partial charge in [-0.15, -0.1) is 11.3 Å². The number of fused-ring (bicyclic) bond motifs is 1. The van der Waals surface area contributed by atoms with Gasteiger partial charge in [0.05, 0.1) is 4.47 Å². The van der Waals surface area contributed by atoms with Gasteiger partial charge in [-0.3, -0.25) is 9.00 Å². The number of likely N-dealkylation sites (N-methyl/N-ethyl adjacent to an activating group) is 1. The van der Waals surface area contributed by atoms with Gasteiger partial charge in [0, 0.05) is 40.5 Å². The highest BCUT2D eigenvalue weighted by molar-refractivity contribution is 9.10. The second-order valence-electron chi connectivity index (χ2n) is 4.45. The highest BCUT2D eigenvalue weighted by atomic mass is 79.9. The molecule has 1 atom stereocenters. The highest BCUT2D eigenvalue weighted by Gasteiger charge is 2.10. The maximum absolute atomic E-state index is 11.9. The Morgan fingerprint density at radius 1 is 1.60 bits per heavy atom. The average Bonchev–Trinajstić information content (AvgIpc) is 2.70. The largest absolute Gasteiger partial charge is 0.438 e. The lowest BCUT2D eigenvalue weighted by Gasteiger charge is -2.18. The van der Waals surface area contributed by atoms with Crippen molar-refractivity contribution in [2.75, 3.05) is 31.7 Å². The lowest BCUT2D eigenvalue weighted by Crippen LogP contribution is -2.30. The van der Waals surface area contributed by atoms with Gasteiger partial charge in [-0.05, 0) is 28.8 Å². The number of hydrogen-bond donors (Lipinski definition) is 1. The van der Waals surface area contributed by atoms with Crippen LogP contribution < -0.4 is 10.7 Å². The Labute approximate surface area is 129 Å². The third-order valence-electron chi connectivity index (χ3n) is 2.79. The zero-order valence-electron chi connectivity index (χ0n) is 11.1. The minimum absolute atomic E-state index is 0.0748. The van der Waals surface area contributed by atoms with Gasteiger partial charge in [-0.1, -0.05) is 0 Å². The molecule has 0 aliphatic rings. The minimum atomic E-state index is -2.20. The van der Waals surface area contributed by atoms with Crippen LogP contribution in [0.1, 0.15) is 0 Å². The van der Waals surface area contributed by atoms with Crippen molar-refractivity contribution < 1.29 is 8.63 Å². The molecule has 0 amide bonds. The molecule has 0 fully saturated rings. The fraction of sp³-hybridized carbons (Fsp3) is 0.333. The van der Waals surface area contributed by atoms with E-state index in [0.29, 0.717) is 29.3 Å². The predicted molar refractivity (Wildman–Crippen MR) is 90.4 cm³/mol. The number of nitrogens with one attached hydrogen (secondary N) is 1. The number of halogens is 1. The van der Waals surface area contributed by atoms with Crippen molar-refractivity contribution in [1.82, 2.24) is 4.31 Å². The second-order valence-corrected chi connectivity index (χ2v) is 8.73. The molecule has 0 saturated carbocycles. The Kier molecular flexibility index (Phi) is 4.58. The van der Waals surface area contributed by atoms with Crippen LogP contribution in [0.25, 0.3) is 10.3 Å². The van der Waals surface area contributed by atoms with Crippen molar-refractivity contribution in [2.24, 2.45) is 0 Å². The van der Waals surface area contributed by atoms with Gasteiger partial charge in [-0.2, -0.15) is 0 Å². The molecule has 1 N–H and O–H groups in total. The summed E-state index contributed by atoms with van der Waals surface area (Å²) in [6.07, 6.45) is 1.58. The van der Waals surface area contributed by atoms with E-state index in [4.69, 9.17) is 4.42 Å². The van der Waals surface area contributed by atoms with Gasteiger partial charge in [0.1, 0.15) is 4.70 Å². The molecule has 2 heterocycles. The normalized spacial score (nSPS) is 14.6. The maximum atomic E-state index is 11.9. The van der Waals surface area contributed by atoms with E-state index in [2.05, 4.69) is 27.1 Å². The molecule has 1 unspecified atom stereocenters. The first-order valence-electron chi connectivity index (χ1n) is 5.77. The first-order valence-corrected chi connectivity index (χ1v) is 9.54. The van der Waals surface area contributed by atoms with Gasteiger partial charge in [-0.25, -0.2) is 4.31 Å². The maximum Gasteiger partial charge on any atom is 0.204 e. The molecule has 0 bridgehead atoms. The summed E-state index contributed by atoms with van der Waals surface area (Å²) < 4.78 is 20.3. The Balaban J connectivity index is 2.11. The smallest absolute Gasteiger partial charge is 0.204 e. The van der Waals surface area contributed by atoms with Crippen molar-refractivity contribution >= 4 is 59.0 Å². The number of nitrogens with zero attached hydrogens (tertiary/aromatic N) is 1. The van der Waals surface area contributed by atoms with E-state index >= 15 is 0 Å². The molecule has 0 radical (unpaired) electrons. The first-order chi connectivity index (χ1) is 9.29. The van der Waals surface area contributed by atoms with Crippen LogP contribution in [0.4, 0.5) is 5.88 Å². The van der Waals surface area contributed by atoms with Gasteiger partial charge in [0.15, 0.2) is 11.5 Å². The number of hydrogen-bond acceptors (Lipinski definition) is 5. The van der Waals surface area contributed by atoms with Crippen LogP contribution >= 0.6 is 27.3 Å². The summed E-state index contributed by atoms with van der Waals surface area (Å²) in [4.78, 5) is 11.9. The fourth-order valence-corrected chi connectivity index (χ4v) is 3.46. The molecule has 2 rings (SSSR count). The van der Waals surface area contributed by atoms with Crippen LogP contribution in [0.2, 0.25) is 0 Å². The zero-order valence-corrected chi connectivity index (χ0v) is 14.4. The molecule has 8 heteroatoms. The van der Waals surface area contributed by atoms with Gasteiger partial charge < -0.3 is 9.73 Å².